The molecule has 1 fully saturated rings. The Labute approximate surface area is 217 Å². The van der Waals surface area contributed by atoms with E-state index in [0.29, 0.717) is 21.8 Å². The van der Waals surface area contributed by atoms with Gasteiger partial charge < -0.3 is 14.7 Å². The molecule has 0 aliphatic carbocycles. The van der Waals surface area contributed by atoms with Crippen LogP contribution in [-0.2, 0) is 16.2 Å². The van der Waals surface area contributed by atoms with Crippen LogP contribution in [0.3, 0.4) is 0 Å². The maximum atomic E-state index is 13.8. The van der Waals surface area contributed by atoms with E-state index in [1.165, 1.54) is 35.9 Å². The van der Waals surface area contributed by atoms with Gasteiger partial charge in [0.2, 0.25) is 0 Å². The molecule has 3 aromatic rings. The van der Waals surface area contributed by atoms with Crippen LogP contribution >= 0.6 is 11.8 Å². The van der Waals surface area contributed by atoms with Crippen LogP contribution in [0, 0.1) is 11.6 Å². The topological polar surface area (TPSA) is 88.1 Å². The monoisotopic (exact) mass is 528 g/mol. The summed E-state index contributed by atoms with van der Waals surface area (Å²) in [6.45, 7) is 0.420. The largest absolute Gasteiger partial charge is 0.489 e. The van der Waals surface area contributed by atoms with Crippen LogP contribution in [0.25, 0.3) is 11.1 Å². The molecule has 10 heteroatoms. The number of nitrogens with zero attached hydrogens (tertiary/aromatic N) is 1. The quantitative estimate of drug-likeness (QED) is 0.337. The van der Waals surface area contributed by atoms with Crippen LogP contribution in [0.4, 0.5) is 8.78 Å². The van der Waals surface area contributed by atoms with Crippen molar-refractivity contribution in [3.63, 3.8) is 0 Å². The molecule has 7 nitrogen and oxygen atoms in total. The molecular formula is C27H26F2N2O5S. The van der Waals surface area contributed by atoms with Gasteiger partial charge in [-0.3, -0.25) is 14.4 Å². The third-order valence-corrected chi connectivity index (χ3v) is 6.86. The molecule has 0 aromatic heterocycles. The summed E-state index contributed by atoms with van der Waals surface area (Å²) < 4.78 is 33.3. The van der Waals surface area contributed by atoms with Gasteiger partial charge in [0, 0.05) is 17.0 Å². The SMILES string of the molecule is CONC(=O)[C@@H]1[C@@H](O)CCN1C(=O)c1cccc(COc2ccc(-c3cc(F)c(F)cc3SC)cc2)c1. The lowest BCUT2D eigenvalue weighted by atomic mass is 10.1. The van der Waals surface area contributed by atoms with E-state index >= 15 is 0 Å². The van der Waals surface area contributed by atoms with Crippen LogP contribution in [0.2, 0.25) is 0 Å². The minimum Gasteiger partial charge on any atom is -0.489 e. The number of aliphatic hydroxyl groups is 1. The van der Waals surface area contributed by atoms with E-state index in [4.69, 9.17) is 4.74 Å². The number of amides is 2. The lowest BCUT2D eigenvalue weighted by Gasteiger charge is -2.25. The number of hydrogen-bond acceptors (Lipinski definition) is 6. The smallest absolute Gasteiger partial charge is 0.268 e. The predicted molar refractivity (Wildman–Crippen MR) is 135 cm³/mol. The number of rotatable bonds is 8. The minimum absolute atomic E-state index is 0.178. The molecule has 3 aromatic carbocycles. The van der Waals surface area contributed by atoms with Gasteiger partial charge in [0.05, 0.1) is 13.2 Å². The number of hydroxylamine groups is 1. The molecule has 1 saturated heterocycles. The highest BCUT2D eigenvalue weighted by molar-refractivity contribution is 7.98. The highest BCUT2D eigenvalue weighted by Gasteiger charge is 2.41. The van der Waals surface area contributed by atoms with Gasteiger partial charge in [-0.1, -0.05) is 24.3 Å². The Hall–Kier alpha value is -3.47. The minimum atomic E-state index is -1.04. The first kappa shape index (κ1) is 26.6. The van der Waals surface area contributed by atoms with E-state index in [2.05, 4.69) is 10.3 Å². The third kappa shape index (κ3) is 5.93. The van der Waals surface area contributed by atoms with Gasteiger partial charge in [0.25, 0.3) is 11.8 Å². The number of ether oxygens (including phenoxy) is 1. The fraction of sp³-hybridized carbons (Fsp3) is 0.259. The number of carbonyl (C=O) groups is 2. The van der Waals surface area contributed by atoms with Gasteiger partial charge in [-0.05, 0) is 65.8 Å². The summed E-state index contributed by atoms with van der Waals surface area (Å²) in [6, 6.07) is 15.2. The second-order valence-corrected chi connectivity index (χ2v) is 9.30. The third-order valence-electron chi connectivity index (χ3n) is 6.09. The molecule has 2 amide bonds. The summed E-state index contributed by atoms with van der Waals surface area (Å²) in [5, 5.41) is 10.2. The molecule has 37 heavy (non-hydrogen) atoms. The number of carbonyl (C=O) groups excluding carboxylic acids is 2. The van der Waals surface area contributed by atoms with Crippen molar-refractivity contribution >= 4 is 23.6 Å². The first-order valence-corrected chi connectivity index (χ1v) is 12.7. The summed E-state index contributed by atoms with van der Waals surface area (Å²) in [7, 11) is 1.28. The molecule has 1 aliphatic rings. The molecule has 194 valence electrons. The van der Waals surface area contributed by atoms with Crippen molar-refractivity contribution in [1.29, 1.82) is 0 Å². The van der Waals surface area contributed by atoms with Gasteiger partial charge in [0.1, 0.15) is 18.4 Å². The molecule has 0 spiro atoms. The molecule has 0 unspecified atom stereocenters. The first-order valence-electron chi connectivity index (χ1n) is 11.5. The second-order valence-electron chi connectivity index (χ2n) is 8.45. The number of hydrogen-bond donors (Lipinski definition) is 2. The van der Waals surface area contributed by atoms with Crippen molar-refractivity contribution in [3.05, 3.63) is 83.4 Å². The zero-order chi connectivity index (χ0) is 26.5. The number of halogens is 2. The fourth-order valence-electron chi connectivity index (χ4n) is 4.26. The average Bonchev–Trinajstić information content (AvgIpc) is 3.30. The molecule has 0 radical (unpaired) electrons. The van der Waals surface area contributed by atoms with Crippen molar-refractivity contribution in [2.75, 3.05) is 19.9 Å². The van der Waals surface area contributed by atoms with Gasteiger partial charge >= 0.3 is 0 Å². The van der Waals surface area contributed by atoms with Crippen molar-refractivity contribution in [2.24, 2.45) is 0 Å². The Bertz CT molecular complexity index is 1290. The van der Waals surface area contributed by atoms with Crippen molar-refractivity contribution in [1.82, 2.24) is 10.4 Å². The Balaban J connectivity index is 1.44. The highest BCUT2D eigenvalue weighted by atomic mass is 32.2. The van der Waals surface area contributed by atoms with Crippen LogP contribution in [0.1, 0.15) is 22.3 Å². The molecule has 2 N–H and O–H groups in total. The average molecular weight is 529 g/mol. The summed E-state index contributed by atoms with van der Waals surface area (Å²) in [5.74, 6) is -2.19. The number of thioether (sulfide) groups is 1. The fourth-order valence-corrected chi connectivity index (χ4v) is 4.88. The van der Waals surface area contributed by atoms with Crippen LogP contribution in [0.5, 0.6) is 5.75 Å². The normalized spacial score (nSPS) is 17.1. The number of aliphatic hydroxyl groups excluding tert-OH is 1. The molecule has 0 saturated carbocycles. The van der Waals surface area contributed by atoms with Crippen molar-refractivity contribution < 1.29 is 33.1 Å². The van der Waals surface area contributed by atoms with Gasteiger partial charge in [0.15, 0.2) is 11.6 Å². The number of benzene rings is 3. The number of nitrogens with one attached hydrogen (secondary N) is 1. The number of likely N-dealkylation sites (tertiary alicyclic amines) is 1. The molecule has 2 atom stereocenters. The van der Waals surface area contributed by atoms with E-state index in [-0.39, 0.29) is 25.5 Å². The standard InChI is InChI=1S/C27H26F2N2O5S/c1-35-30-26(33)25-23(32)10-11-31(25)27(34)18-5-3-4-16(12-18)15-36-19-8-6-17(7-9-19)20-13-21(28)22(29)14-24(20)37-2/h3-9,12-14,23,25,32H,10-11,15H2,1-2H3,(H,30,33)/t23-,25-/m0/s1. The van der Waals surface area contributed by atoms with Crippen LogP contribution in [-0.4, -0.2) is 53.9 Å². The van der Waals surface area contributed by atoms with Gasteiger partial charge in [-0.25, -0.2) is 14.3 Å². The molecule has 4 rings (SSSR count). The molecule has 1 heterocycles. The molecule has 1 aliphatic heterocycles. The maximum Gasteiger partial charge on any atom is 0.268 e. The second kappa shape index (κ2) is 11.7. The lowest BCUT2D eigenvalue weighted by Crippen LogP contribution is -2.49. The van der Waals surface area contributed by atoms with Gasteiger partial charge in [-0.15, -0.1) is 11.8 Å². The Morgan fingerprint density at radius 1 is 1.11 bits per heavy atom. The van der Waals surface area contributed by atoms with Crippen LogP contribution in [0.15, 0.2) is 65.6 Å². The summed E-state index contributed by atoms with van der Waals surface area (Å²) >= 11 is 1.33. The van der Waals surface area contributed by atoms with Crippen molar-refractivity contribution in [2.45, 2.75) is 30.1 Å². The van der Waals surface area contributed by atoms with E-state index in [9.17, 15) is 23.5 Å². The highest BCUT2D eigenvalue weighted by Crippen LogP contribution is 2.33. The summed E-state index contributed by atoms with van der Waals surface area (Å²) in [6.07, 6.45) is 1.11. The van der Waals surface area contributed by atoms with E-state index in [1.807, 2.05) is 6.07 Å². The zero-order valence-corrected chi connectivity index (χ0v) is 21.1. The van der Waals surface area contributed by atoms with E-state index < -0.39 is 29.7 Å². The molecule has 0 bridgehead atoms. The molecular weight excluding hydrogens is 502 g/mol. The van der Waals surface area contributed by atoms with E-state index in [0.717, 1.165) is 11.1 Å². The van der Waals surface area contributed by atoms with Crippen molar-refractivity contribution in [3.8, 4) is 16.9 Å². The Morgan fingerprint density at radius 2 is 1.84 bits per heavy atom. The van der Waals surface area contributed by atoms with E-state index in [1.54, 1.807) is 48.7 Å². The predicted octanol–water partition coefficient (Wildman–Crippen LogP) is 4.19. The van der Waals surface area contributed by atoms with Crippen LogP contribution < -0.4 is 10.2 Å². The lowest BCUT2D eigenvalue weighted by molar-refractivity contribution is -0.137. The first-order chi connectivity index (χ1) is 17.8. The Morgan fingerprint density at radius 3 is 2.54 bits per heavy atom. The Kier molecular flexibility index (Phi) is 8.42. The zero-order valence-electron chi connectivity index (χ0n) is 20.2. The summed E-state index contributed by atoms with van der Waals surface area (Å²) in [4.78, 5) is 32.0. The van der Waals surface area contributed by atoms with Gasteiger partial charge in [-0.2, -0.15) is 0 Å². The summed E-state index contributed by atoms with van der Waals surface area (Å²) in [5.41, 5.74) is 4.60. The maximum absolute atomic E-state index is 13.8.